The summed E-state index contributed by atoms with van der Waals surface area (Å²) in [5.41, 5.74) is 5.44. The van der Waals surface area contributed by atoms with Crippen molar-refractivity contribution in [1.29, 1.82) is 0 Å². The van der Waals surface area contributed by atoms with Gasteiger partial charge >= 0.3 is 0 Å². The Morgan fingerprint density at radius 2 is 2.14 bits per heavy atom. The molecule has 80 valence electrons. The summed E-state index contributed by atoms with van der Waals surface area (Å²) in [5.74, 6) is 0.303. The summed E-state index contributed by atoms with van der Waals surface area (Å²) >= 11 is 0. The molecule has 0 aromatic heterocycles. The Morgan fingerprint density at radius 3 is 2.64 bits per heavy atom. The van der Waals surface area contributed by atoms with Crippen molar-refractivity contribution >= 4 is 5.84 Å². The Morgan fingerprint density at radius 1 is 1.43 bits per heavy atom. The standard InChI is InChI=1S/C9H17N3O2/c10-8(11-13)9(3-6-14-7-9)12-4-1-2-5-12/h13H,1-7H2,(H2,10,11). The normalized spacial score (nSPS) is 35.3. The van der Waals surface area contributed by atoms with E-state index in [1.165, 1.54) is 12.8 Å². The van der Waals surface area contributed by atoms with Crippen molar-refractivity contribution < 1.29 is 9.94 Å². The van der Waals surface area contributed by atoms with Gasteiger partial charge < -0.3 is 15.7 Å². The minimum Gasteiger partial charge on any atom is -0.409 e. The van der Waals surface area contributed by atoms with Crippen molar-refractivity contribution in [2.45, 2.75) is 24.8 Å². The van der Waals surface area contributed by atoms with Gasteiger partial charge in [-0.05, 0) is 32.4 Å². The molecule has 14 heavy (non-hydrogen) atoms. The van der Waals surface area contributed by atoms with Crippen LogP contribution in [0.4, 0.5) is 0 Å². The highest BCUT2D eigenvalue weighted by Gasteiger charge is 2.45. The van der Waals surface area contributed by atoms with E-state index in [4.69, 9.17) is 15.7 Å². The lowest BCUT2D eigenvalue weighted by atomic mass is 9.95. The van der Waals surface area contributed by atoms with Gasteiger partial charge in [0.15, 0.2) is 5.84 Å². The molecule has 2 saturated heterocycles. The van der Waals surface area contributed by atoms with Crippen molar-refractivity contribution in [3.63, 3.8) is 0 Å². The lowest BCUT2D eigenvalue weighted by molar-refractivity contribution is 0.128. The lowest BCUT2D eigenvalue weighted by Crippen LogP contribution is -2.57. The van der Waals surface area contributed by atoms with E-state index in [9.17, 15) is 0 Å². The molecule has 0 aromatic carbocycles. The van der Waals surface area contributed by atoms with Gasteiger partial charge in [0.1, 0.15) is 5.54 Å². The number of nitrogens with zero attached hydrogens (tertiary/aromatic N) is 2. The number of hydrogen-bond acceptors (Lipinski definition) is 4. The van der Waals surface area contributed by atoms with Gasteiger partial charge in [-0.3, -0.25) is 4.90 Å². The van der Waals surface area contributed by atoms with Gasteiger partial charge in [-0.25, -0.2) is 0 Å². The predicted molar refractivity (Wildman–Crippen MR) is 52.4 cm³/mol. The first kappa shape index (κ1) is 9.73. The van der Waals surface area contributed by atoms with Gasteiger partial charge in [-0.15, -0.1) is 0 Å². The quantitative estimate of drug-likeness (QED) is 0.284. The van der Waals surface area contributed by atoms with Crippen molar-refractivity contribution in [1.82, 2.24) is 4.90 Å². The Bertz CT molecular complexity index is 230. The Balaban J connectivity index is 2.20. The second-order valence-electron chi connectivity index (χ2n) is 4.01. The third-order valence-electron chi connectivity index (χ3n) is 3.30. The lowest BCUT2D eigenvalue weighted by Gasteiger charge is -2.35. The number of ether oxygens (including phenoxy) is 1. The molecular weight excluding hydrogens is 182 g/mol. The van der Waals surface area contributed by atoms with Crippen LogP contribution in [-0.2, 0) is 4.74 Å². The largest absolute Gasteiger partial charge is 0.409 e. The summed E-state index contributed by atoms with van der Waals surface area (Å²) < 4.78 is 5.38. The highest BCUT2D eigenvalue weighted by atomic mass is 16.5. The third kappa shape index (κ3) is 1.36. The van der Waals surface area contributed by atoms with Crippen LogP contribution in [0.25, 0.3) is 0 Å². The monoisotopic (exact) mass is 199 g/mol. The molecule has 2 aliphatic heterocycles. The summed E-state index contributed by atoms with van der Waals surface area (Å²) in [7, 11) is 0. The zero-order chi connectivity index (χ0) is 10.0. The van der Waals surface area contributed by atoms with Crippen LogP contribution in [0.1, 0.15) is 19.3 Å². The smallest absolute Gasteiger partial charge is 0.162 e. The first-order valence-corrected chi connectivity index (χ1v) is 5.10. The predicted octanol–water partition coefficient (Wildman–Crippen LogP) is -0.0123. The second kappa shape index (κ2) is 3.74. The average molecular weight is 199 g/mol. The molecule has 0 spiro atoms. The number of hydrogen-bond donors (Lipinski definition) is 2. The molecule has 5 nitrogen and oxygen atoms in total. The second-order valence-corrected chi connectivity index (χ2v) is 4.01. The molecule has 2 aliphatic rings. The minimum absolute atomic E-state index is 0.303. The van der Waals surface area contributed by atoms with Crippen LogP contribution in [0.2, 0.25) is 0 Å². The molecule has 0 aromatic rings. The van der Waals surface area contributed by atoms with E-state index < -0.39 is 0 Å². The highest BCUT2D eigenvalue weighted by Crippen LogP contribution is 2.29. The summed E-state index contributed by atoms with van der Waals surface area (Å²) in [6.45, 7) is 3.31. The fourth-order valence-electron chi connectivity index (χ4n) is 2.41. The van der Waals surface area contributed by atoms with E-state index in [0.717, 1.165) is 19.5 Å². The molecule has 2 rings (SSSR count). The number of amidine groups is 1. The van der Waals surface area contributed by atoms with Crippen LogP contribution in [0, 0.1) is 0 Å². The van der Waals surface area contributed by atoms with Gasteiger partial charge in [-0.1, -0.05) is 5.16 Å². The van der Waals surface area contributed by atoms with Crippen LogP contribution in [0.5, 0.6) is 0 Å². The SMILES string of the molecule is N/C(=N\O)C1(N2CCCC2)CCOC1. The maximum absolute atomic E-state index is 8.80. The molecule has 3 N–H and O–H groups in total. The van der Waals surface area contributed by atoms with Crippen molar-refractivity contribution in [2.75, 3.05) is 26.3 Å². The maximum Gasteiger partial charge on any atom is 0.162 e. The van der Waals surface area contributed by atoms with Crippen LogP contribution >= 0.6 is 0 Å². The first-order valence-electron chi connectivity index (χ1n) is 5.10. The maximum atomic E-state index is 8.80. The molecule has 1 unspecified atom stereocenters. The first-order chi connectivity index (χ1) is 6.79. The molecular formula is C9H17N3O2. The molecule has 0 saturated carbocycles. The Labute approximate surface area is 83.5 Å². The Kier molecular flexibility index (Phi) is 2.60. The topological polar surface area (TPSA) is 71.1 Å². The summed E-state index contributed by atoms with van der Waals surface area (Å²) in [6.07, 6.45) is 3.23. The van der Waals surface area contributed by atoms with Gasteiger partial charge in [-0.2, -0.15) is 0 Å². The van der Waals surface area contributed by atoms with Gasteiger partial charge in [0.05, 0.1) is 6.61 Å². The average Bonchev–Trinajstić information content (AvgIpc) is 2.86. The number of likely N-dealkylation sites (tertiary alicyclic amines) is 1. The molecule has 5 heteroatoms. The fraction of sp³-hybridized carbons (Fsp3) is 0.889. The van der Waals surface area contributed by atoms with E-state index in [2.05, 4.69) is 10.1 Å². The summed E-state index contributed by atoms with van der Waals surface area (Å²) in [6, 6.07) is 0. The zero-order valence-corrected chi connectivity index (χ0v) is 8.28. The van der Waals surface area contributed by atoms with E-state index in [0.29, 0.717) is 19.0 Å². The van der Waals surface area contributed by atoms with E-state index in [1.807, 2.05) is 0 Å². The highest BCUT2D eigenvalue weighted by molar-refractivity contribution is 5.90. The van der Waals surface area contributed by atoms with Crippen LogP contribution in [-0.4, -0.2) is 47.8 Å². The fourth-order valence-corrected chi connectivity index (χ4v) is 2.41. The van der Waals surface area contributed by atoms with Gasteiger partial charge in [0, 0.05) is 6.61 Å². The number of rotatable bonds is 2. The molecule has 0 radical (unpaired) electrons. The van der Waals surface area contributed by atoms with Crippen molar-refractivity contribution in [2.24, 2.45) is 10.9 Å². The minimum atomic E-state index is -0.328. The molecule has 0 bridgehead atoms. The molecule has 0 aliphatic carbocycles. The summed E-state index contributed by atoms with van der Waals surface area (Å²) in [4.78, 5) is 2.29. The van der Waals surface area contributed by atoms with Crippen LogP contribution < -0.4 is 5.73 Å². The van der Waals surface area contributed by atoms with Gasteiger partial charge in [0.2, 0.25) is 0 Å². The van der Waals surface area contributed by atoms with Crippen molar-refractivity contribution in [3.05, 3.63) is 0 Å². The van der Waals surface area contributed by atoms with E-state index >= 15 is 0 Å². The molecule has 0 amide bonds. The van der Waals surface area contributed by atoms with Gasteiger partial charge in [0.25, 0.3) is 0 Å². The molecule has 1 atom stereocenters. The van der Waals surface area contributed by atoms with Crippen molar-refractivity contribution in [3.8, 4) is 0 Å². The van der Waals surface area contributed by atoms with Crippen LogP contribution in [0.15, 0.2) is 5.16 Å². The van der Waals surface area contributed by atoms with Crippen LogP contribution in [0.3, 0.4) is 0 Å². The number of oxime groups is 1. The zero-order valence-electron chi connectivity index (χ0n) is 8.28. The molecule has 2 fully saturated rings. The molecule has 2 heterocycles. The number of nitrogens with two attached hydrogens (primary N) is 1. The van der Waals surface area contributed by atoms with E-state index in [-0.39, 0.29) is 5.54 Å². The van der Waals surface area contributed by atoms with E-state index in [1.54, 1.807) is 0 Å². The third-order valence-corrected chi connectivity index (χ3v) is 3.30. The Hall–Kier alpha value is -0.810. The summed E-state index contributed by atoms with van der Waals surface area (Å²) in [5, 5.41) is 12.0.